The van der Waals surface area contributed by atoms with Gasteiger partial charge in [0.1, 0.15) is 0 Å². The van der Waals surface area contributed by atoms with E-state index in [-0.39, 0.29) is 29.9 Å². The van der Waals surface area contributed by atoms with Gasteiger partial charge in [0.05, 0.1) is 6.54 Å². The molecular formula is C16H24IN5O. The molecule has 1 aromatic heterocycles. The number of nitrogens with two attached hydrogens (primary N) is 1. The lowest BCUT2D eigenvalue weighted by Crippen LogP contribution is -2.23. The van der Waals surface area contributed by atoms with E-state index in [4.69, 9.17) is 10.3 Å². The fraction of sp³-hybridized carbons (Fsp3) is 0.438. The Labute approximate surface area is 154 Å². The van der Waals surface area contributed by atoms with Crippen molar-refractivity contribution in [1.29, 1.82) is 0 Å². The van der Waals surface area contributed by atoms with E-state index in [1.807, 2.05) is 26.0 Å². The number of guanidine groups is 1. The number of halogens is 1. The van der Waals surface area contributed by atoms with Gasteiger partial charge in [-0.2, -0.15) is 4.98 Å². The van der Waals surface area contributed by atoms with Crippen LogP contribution in [0.15, 0.2) is 33.8 Å². The molecule has 0 fully saturated rings. The minimum atomic E-state index is 0. The van der Waals surface area contributed by atoms with Crippen LogP contribution in [0.25, 0.3) is 0 Å². The molecule has 0 bridgehead atoms. The lowest BCUT2D eigenvalue weighted by atomic mass is 10.1. The summed E-state index contributed by atoms with van der Waals surface area (Å²) < 4.78 is 5.16. The van der Waals surface area contributed by atoms with Gasteiger partial charge in [-0.15, -0.1) is 24.0 Å². The lowest BCUT2D eigenvalue weighted by Gasteiger charge is -2.06. The van der Waals surface area contributed by atoms with Crippen LogP contribution in [0.2, 0.25) is 0 Å². The van der Waals surface area contributed by atoms with Crippen molar-refractivity contribution >= 4 is 35.6 Å². The minimum Gasteiger partial charge on any atom is -0.370 e. The molecule has 0 saturated heterocycles. The molecule has 0 amide bonds. The van der Waals surface area contributed by atoms with E-state index in [0.717, 1.165) is 17.9 Å². The molecule has 7 heteroatoms. The second kappa shape index (κ2) is 9.49. The first-order valence-corrected chi connectivity index (χ1v) is 7.56. The van der Waals surface area contributed by atoms with Crippen LogP contribution in [0.1, 0.15) is 44.0 Å². The van der Waals surface area contributed by atoms with Crippen molar-refractivity contribution < 1.29 is 4.52 Å². The molecule has 0 saturated carbocycles. The largest absolute Gasteiger partial charge is 0.370 e. The molecule has 1 heterocycles. The molecule has 23 heavy (non-hydrogen) atoms. The molecule has 0 aliphatic rings. The van der Waals surface area contributed by atoms with Gasteiger partial charge < -0.3 is 15.6 Å². The first-order valence-electron chi connectivity index (χ1n) is 7.56. The molecule has 0 atom stereocenters. The second-order valence-corrected chi connectivity index (χ2v) is 5.39. The van der Waals surface area contributed by atoms with Crippen LogP contribution in [-0.4, -0.2) is 22.6 Å². The summed E-state index contributed by atoms with van der Waals surface area (Å²) >= 11 is 0. The van der Waals surface area contributed by atoms with Crippen molar-refractivity contribution in [3.8, 4) is 0 Å². The van der Waals surface area contributed by atoms with Gasteiger partial charge >= 0.3 is 0 Å². The monoisotopic (exact) mass is 429 g/mol. The zero-order valence-corrected chi connectivity index (χ0v) is 16.1. The summed E-state index contributed by atoms with van der Waals surface area (Å²) in [5.74, 6) is 1.96. The highest BCUT2D eigenvalue weighted by molar-refractivity contribution is 14.0. The van der Waals surface area contributed by atoms with Gasteiger partial charge in [0.25, 0.3) is 0 Å². The maximum atomic E-state index is 5.87. The van der Waals surface area contributed by atoms with Gasteiger partial charge in [-0.05, 0) is 24.1 Å². The summed E-state index contributed by atoms with van der Waals surface area (Å²) in [7, 11) is 0. The Morgan fingerprint density at radius 1 is 1.30 bits per heavy atom. The molecule has 3 N–H and O–H groups in total. The second-order valence-electron chi connectivity index (χ2n) is 5.39. The van der Waals surface area contributed by atoms with Gasteiger partial charge in [0.2, 0.25) is 5.89 Å². The van der Waals surface area contributed by atoms with E-state index in [1.165, 1.54) is 5.56 Å². The van der Waals surface area contributed by atoms with E-state index in [2.05, 4.69) is 39.5 Å². The summed E-state index contributed by atoms with van der Waals surface area (Å²) in [5.41, 5.74) is 8.09. The smallest absolute Gasteiger partial charge is 0.228 e. The Kier molecular flexibility index (Phi) is 8.01. The van der Waals surface area contributed by atoms with Gasteiger partial charge in [-0.1, -0.05) is 38.1 Å². The third kappa shape index (κ3) is 6.17. The Balaban J connectivity index is 0.00000264. The van der Waals surface area contributed by atoms with Crippen LogP contribution < -0.4 is 11.1 Å². The van der Waals surface area contributed by atoms with Crippen molar-refractivity contribution in [2.75, 3.05) is 11.9 Å². The summed E-state index contributed by atoms with van der Waals surface area (Å²) in [5, 5.41) is 6.98. The molecule has 2 aromatic rings. The van der Waals surface area contributed by atoms with Crippen molar-refractivity contribution in [3.63, 3.8) is 0 Å². The number of hydrogen-bond donors (Lipinski definition) is 2. The standard InChI is InChI=1S/C16H23N5O.HI/c1-4-12-5-7-13(8-6-12)19-16(17)18-10-9-14-20-15(11(2)3)21-22-14;/h5-8,11H,4,9-10H2,1-3H3,(H3,17,18,19);1H. The molecule has 126 valence electrons. The zero-order chi connectivity index (χ0) is 15.9. The van der Waals surface area contributed by atoms with Crippen LogP contribution in [0.3, 0.4) is 0 Å². The number of benzene rings is 1. The van der Waals surface area contributed by atoms with Gasteiger partial charge in [0, 0.05) is 18.0 Å². The lowest BCUT2D eigenvalue weighted by molar-refractivity contribution is 0.372. The summed E-state index contributed by atoms with van der Waals surface area (Å²) in [4.78, 5) is 8.57. The van der Waals surface area contributed by atoms with Crippen molar-refractivity contribution in [1.82, 2.24) is 10.1 Å². The minimum absolute atomic E-state index is 0. The molecule has 0 unspecified atom stereocenters. The van der Waals surface area contributed by atoms with Gasteiger partial charge in [0.15, 0.2) is 11.8 Å². The van der Waals surface area contributed by atoms with Crippen LogP contribution in [-0.2, 0) is 12.8 Å². The average Bonchev–Trinajstić information content (AvgIpc) is 2.97. The fourth-order valence-corrected chi connectivity index (χ4v) is 1.89. The predicted octanol–water partition coefficient (Wildman–Crippen LogP) is 3.34. The first-order chi connectivity index (χ1) is 10.6. The maximum absolute atomic E-state index is 5.87. The fourth-order valence-electron chi connectivity index (χ4n) is 1.89. The Hall–Kier alpha value is -1.64. The van der Waals surface area contributed by atoms with E-state index >= 15 is 0 Å². The molecule has 0 aliphatic carbocycles. The number of aryl methyl sites for hydroxylation is 1. The van der Waals surface area contributed by atoms with E-state index in [1.54, 1.807) is 0 Å². The summed E-state index contributed by atoms with van der Waals surface area (Å²) in [6.45, 7) is 6.68. The number of anilines is 1. The van der Waals surface area contributed by atoms with Crippen molar-refractivity contribution in [2.24, 2.45) is 10.7 Å². The van der Waals surface area contributed by atoms with E-state index in [9.17, 15) is 0 Å². The molecular weight excluding hydrogens is 405 g/mol. The number of aliphatic imine (C=N–C) groups is 1. The van der Waals surface area contributed by atoms with E-state index in [0.29, 0.717) is 24.8 Å². The third-order valence-corrected chi connectivity index (χ3v) is 3.24. The molecule has 0 spiro atoms. The zero-order valence-electron chi connectivity index (χ0n) is 13.7. The normalized spacial score (nSPS) is 11.4. The molecule has 1 aromatic carbocycles. The number of hydrogen-bond acceptors (Lipinski definition) is 4. The summed E-state index contributed by atoms with van der Waals surface area (Å²) in [6.07, 6.45) is 1.60. The van der Waals surface area contributed by atoms with Crippen LogP contribution >= 0.6 is 24.0 Å². The number of rotatable bonds is 6. The van der Waals surface area contributed by atoms with Crippen LogP contribution in [0, 0.1) is 0 Å². The Morgan fingerprint density at radius 2 is 2.00 bits per heavy atom. The maximum Gasteiger partial charge on any atom is 0.228 e. The third-order valence-electron chi connectivity index (χ3n) is 3.24. The van der Waals surface area contributed by atoms with Crippen molar-refractivity contribution in [2.45, 2.75) is 39.5 Å². The first kappa shape index (κ1) is 19.4. The van der Waals surface area contributed by atoms with Crippen LogP contribution in [0.5, 0.6) is 0 Å². The molecule has 0 aliphatic heterocycles. The predicted molar refractivity (Wildman–Crippen MR) is 103 cm³/mol. The SMILES string of the molecule is CCc1ccc(NC(N)=NCCc2nc(C(C)C)no2)cc1.I. The number of aromatic nitrogens is 2. The summed E-state index contributed by atoms with van der Waals surface area (Å²) in [6, 6.07) is 8.13. The number of nitrogens with one attached hydrogen (secondary N) is 1. The molecule has 0 radical (unpaired) electrons. The topological polar surface area (TPSA) is 89.3 Å². The Bertz CT molecular complexity index is 622. The average molecular weight is 429 g/mol. The molecule has 2 rings (SSSR count). The molecule has 6 nitrogen and oxygen atoms in total. The highest BCUT2D eigenvalue weighted by Crippen LogP contribution is 2.10. The Morgan fingerprint density at radius 3 is 2.57 bits per heavy atom. The highest BCUT2D eigenvalue weighted by atomic mass is 127. The quantitative estimate of drug-likeness (QED) is 0.418. The van der Waals surface area contributed by atoms with Crippen LogP contribution in [0.4, 0.5) is 5.69 Å². The highest BCUT2D eigenvalue weighted by Gasteiger charge is 2.08. The van der Waals surface area contributed by atoms with E-state index < -0.39 is 0 Å². The van der Waals surface area contributed by atoms with Gasteiger partial charge in [-0.25, -0.2) is 0 Å². The van der Waals surface area contributed by atoms with Crippen molar-refractivity contribution in [3.05, 3.63) is 41.5 Å². The van der Waals surface area contributed by atoms with Gasteiger partial charge in [-0.3, -0.25) is 4.99 Å². The number of nitrogens with zero attached hydrogens (tertiary/aromatic N) is 3.